The van der Waals surface area contributed by atoms with E-state index in [1.807, 2.05) is 30.3 Å². The maximum atomic E-state index is 11.5. The molecule has 2 rings (SSSR count). The summed E-state index contributed by atoms with van der Waals surface area (Å²) in [5, 5.41) is 0. The Balaban J connectivity index is 1.63. The SMILES string of the molecule is O=C(CC1CCOC1)NOCc1ccccc1. The van der Waals surface area contributed by atoms with Gasteiger partial charge in [-0.25, -0.2) is 5.48 Å². The van der Waals surface area contributed by atoms with E-state index in [-0.39, 0.29) is 5.91 Å². The number of carbonyl (C=O) groups is 1. The van der Waals surface area contributed by atoms with Crippen molar-refractivity contribution in [3.63, 3.8) is 0 Å². The fourth-order valence-electron chi connectivity index (χ4n) is 1.82. The quantitative estimate of drug-likeness (QED) is 0.790. The van der Waals surface area contributed by atoms with Gasteiger partial charge in [0.05, 0.1) is 6.61 Å². The van der Waals surface area contributed by atoms with Crippen molar-refractivity contribution in [1.29, 1.82) is 0 Å². The molecule has 0 bridgehead atoms. The Labute approximate surface area is 101 Å². The van der Waals surface area contributed by atoms with Crippen molar-refractivity contribution in [2.45, 2.75) is 19.4 Å². The normalized spacial score (nSPS) is 19.2. The zero-order valence-electron chi connectivity index (χ0n) is 9.72. The minimum atomic E-state index is -0.0727. The van der Waals surface area contributed by atoms with E-state index in [1.165, 1.54) is 0 Å². The van der Waals surface area contributed by atoms with Crippen LogP contribution in [0.25, 0.3) is 0 Å². The lowest BCUT2D eigenvalue weighted by Crippen LogP contribution is -2.25. The fourth-order valence-corrected chi connectivity index (χ4v) is 1.82. The highest BCUT2D eigenvalue weighted by atomic mass is 16.6. The van der Waals surface area contributed by atoms with Gasteiger partial charge in [-0.15, -0.1) is 0 Å². The lowest BCUT2D eigenvalue weighted by molar-refractivity contribution is -0.135. The molecule has 1 atom stereocenters. The number of hydroxylamine groups is 1. The predicted octanol–water partition coefficient (Wildman–Crippen LogP) is 1.66. The average molecular weight is 235 g/mol. The molecular weight excluding hydrogens is 218 g/mol. The van der Waals surface area contributed by atoms with Crippen LogP contribution in [0.5, 0.6) is 0 Å². The van der Waals surface area contributed by atoms with Gasteiger partial charge in [0.1, 0.15) is 0 Å². The van der Waals surface area contributed by atoms with E-state index in [4.69, 9.17) is 9.57 Å². The van der Waals surface area contributed by atoms with Crippen LogP contribution in [0.3, 0.4) is 0 Å². The first-order valence-corrected chi connectivity index (χ1v) is 5.87. The third-order valence-corrected chi connectivity index (χ3v) is 2.77. The molecule has 4 nitrogen and oxygen atoms in total. The average Bonchev–Trinajstić information content (AvgIpc) is 2.83. The van der Waals surface area contributed by atoms with Gasteiger partial charge in [0.25, 0.3) is 0 Å². The summed E-state index contributed by atoms with van der Waals surface area (Å²) in [6.45, 7) is 1.85. The van der Waals surface area contributed by atoms with E-state index in [0.717, 1.165) is 18.6 Å². The van der Waals surface area contributed by atoms with E-state index >= 15 is 0 Å². The highest BCUT2D eigenvalue weighted by molar-refractivity contribution is 5.75. The molecule has 1 unspecified atom stereocenters. The van der Waals surface area contributed by atoms with Gasteiger partial charge in [-0.2, -0.15) is 0 Å². The second kappa shape index (κ2) is 6.37. The molecular formula is C13H17NO3. The Morgan fingerprint density at radius 1 is 1.41 bits per heavy atom. The van der Waals surface area contributed by atoms with E-state index in [9.17, 15) is 4.79 Å². The molecule has 1 aliphatic rings. The molecule has 0 spiro atoms. The first-order valence-electron chi connectivity index (χ1n) is 5.87. The number of nitrogens with one attached hydrogen (secondary N) is 1. The van der Waals surface area contributed by atoms with Crippen molar-refractivity contribution in [3.8, 4) is 0 Å². The second-order valence-electron chi connectivity index (χ2n) is 4.23. The maximum absolute atomic E-state index is 11.5. The van der Waals surface area contributed by atoms with Gasteiger partial charge in [0, 0.05) is 19.6 Å². The largest absolute Gasteiger partial charge is 0.381 e. The van der Waals surface area contributed by atoms with Gasteiger partial charge in [-0.1, -0.05) is 30.3 Å². The van der Waals surface area contributed by atoms with Crippen molar-refractivity contribution >= 4 is 5.91 Å². The summed E-state index contributed by atoms with van der Waals surface area (Å²) in [4.78, 5) is 16.6. The van der Waals surface area contributed by atoms with Crippen molar-refractivity contribution in [1.82, 2.24) is 5.48 Å². The summed E-state index contributed by atoms with van der Waals surface area (Å²) in [6, 6.07) is 9.74. The van der Waals surface area contributed by atoms with Crippen LogP contribution in [0.1, 0.15) is 18.4 Å². The molecule has 1 aromatic carbocycles. The monoisotopic (exact) mass is 235 g/mol. The van der Waals surface area contributed by atoms with E-state index in [0.29, 0.717) is 25.6 Å². The Kier molecular flexibility index (Phi) is 4.53. The number of rotatable bonds is 5. The maximum Gasteiger partial charge on any atom is 0.243 e. The van der Waals surface area contributed by atoms with Crippen LogP contribution in [0.15, 0.2) is 30.3 Å². The number of ether oxygens (including phenoxy) is 1. The molecule has 1 heterocycles. The molecule has 0 aromatic heterocycles. The van der Waals surface area contributed by atoms with E-state index < -0.39 is 0 Å². The van der Waals surface area contributed by atoms with E-state index in [1.54, 1.807) is 0 Å². The molecule has 0 saturated carbocycles. The summed E-state index contributed by atoms with van der Waals surface area (Å²) < 4.78 is 5.21. The van der Waals surface area contributed by atoms with Crippen LogP contribution in [-0.2, 0) is 21.0 Å². The molecule has 0 aliphatic carbocycles. The Morgan fingerprint density at radius 2 is 2.24 bits per heavy atom. The van der Waals surface area contributed by atoms with Crippen LogP contribution in [0, 0.1) is 5.92 Å². The number of benzene rings is 1. The van der Waals surface area contributed by atoms with Crippen molar-refractivity contribution in [3.05, 3.63) is 35.9 Å². The van der Waals surface area contributed by atoms with Gasteiger partial charge in [-0.3, -0.25) is 9.63 Å². The van der Waals surface area contributed by atoms with Gasteiger partial charge in [0.15, 0.2) is 0 Å². The molecule has 1 saturated heterocycles. The summed E-state index contributed by atoms with van der Waals surface area (Å²) in [7, 11) is 0. The second-order valence-corrected chi connectivity index (χ2v) is 4.23. The molecule has 17 heavy (non-hydrogen) atoms. The molecule has 1 aromatic rings. The standard InChI is InChI=1S/C13H17NO3/c15-13(8-12-6-7-16-9-12)14-17-10-11-4-2-1-3-5-11/h1-5,12H,6-10H2,(H,14,15). The van der Waals surface area contributed by atoms with Crippen LogP contribution in [-0.4, -0.2) is 19.1 Å². The molecule has 0 radical (unpaired) electrons. The summed E-state index contributed by atoms with van der Waals surface area (Å²) in [5.41, 5.74) is 3.50. The summed E-state index contributed by atoms with van der Waals surface area (Å²) >= 11 is 0. The summed E-state index contributed by atoms with van der Waals surface area (Å²) in [6.07, 6.45) is 1.45. The molecule has 92 valence electrons. The number of hydrogen-bond donors (Lipinski definition) is 1. The zero-order chi connectivity index (χ0) is 11.9. The van der Waals surface area contributed by atoms with Gasteiger partial charge in [-0.05, 0) is 17.9 Å². The Morgan fingerprint density at radius 3 is 2.94 bits per heavy atom. The number of hydrogen-bond acceptors (Lipinski definition) is 3. The molecule has 1 N–H and O–H groups in total. The van der Waals surface area contributed by atoms with Gasteiger partial charge in [0.2, 0.25) is 5.91 Å². The van der Waals surface area contributed by atoms with Gasteiger partial charge < -0.3 is 4.74 Å². The topological polar surface area (TPSA) is 47.6 Å². The number of amides is 1. The first kappa shape index (κ1) is 12.1. The van der Waals surface area contributed by atoms with Crippen molar-refractivity contribution in [2.24, 2.45) is 5.92 Å². The molecule has 4 heteroatoms. The lowest BCUT2D eigenvalue weighted by atomic mass is 10.1. The number of carbonyl (C=O) groups excluding carboxylic acids is 1. The van der Waals surface area contributed by atoms with Gasteiger partial charge >= 0.3 is 0 Å². The third kappa shape index (κ3) is 4.17. The van der Waals surface area contributed by atoms with Crippen molar-refractivity contribution < 1.29 is 14.4 Å². The summed E-state index contributed by atoms with van der Waals surface area (Å²) in [5.74, 6) is 0.270. The lowest BCUT2D eigenvalue weighted by Gasteiger charge is -2.08. The molecule has 1 fully saturated rings. The smallest absolute Gasteiger partial charge is 0.243 e. The van der Waals surface area contributed by atoms with Crippen molar-refractivity contribution in [2.75, 3.05) is 13.2 Å². The van der Waals surface area contributed by atoms with Crippen LogP contribution >= 0.6 is 0 Å². The third-order valence-electron chi connectivity index (χ3n) is 2.77. The van der Waals surface area contributed by atoms with E-state index in [2.05, 4.69) is 5.48 Å². The minimum absolute atomic E-state index is 0.0727. The fraction of sp³-hybridized carbons (Fsp3) is 0.462. The highest BCUT2D eigenvalue weighted by Gasteiger charge is 2.18. The van der Waals surface area contributed by atoms with Crippen LogP contribution < -0.4 is 5.48 Å². The Bertz CT molecular complexity index is 347. The Hall–Kier alpha value is -1.39. The highest BCUT2D eigenvalue weighted by Crippen LogP contribution is 2.15. The minimum Gasteiger partial charge on any atom is -0.381 e. The zero-order valence-corrected chi connectivity index (χ0v) is 9.72. The molecule has 1 amide bonds. The van der Waals surface area contributed by atoms with Crippen LogP contribution in [0.2, 0.25) is 0 Å². The first-order chi connectivity index (χ1) is 8.34. The van der Waals surface area contributed by atoms with Crippen LogP contribution in [0.4, 0.5) is 0 Å². The molecule has 1 aliphatic heterocycles. The predicted molar refractivity (Wildman–Crippen MR) is 62.9 cm³/mol.